The van der Waals surface area contributed by atoms with Crippen LogP contribution in [0, 0.1) is 11.3 Å². The summed E-state index contributed by atoms with van der Waals surface area (Å²) < 4.78 is 4.90. The first-order valence-electron chi connectivity index (χ1n) is 6.65. The van der Waals surface area contributed by atoms with E-state index in [2.05, 4.69) is 0 Å². The average Bonchev–Trinajstić information content (AvgIpc) is 2.46. The van der Waals surface area contributed by atoms with E-state index in [0.717, 1.165) is 0 Å². The molecule has 0 aliphatic rings. The van der Waals surface area contributed by atoms with Crippen LogP contribution in [-0.4, -0.2) is 50.1 Å². The van der Waals surface area contributed by atoms with E-state index in [1.165, 1.54) is 4.90 Å². The molecule has 6 heteroatoms. The number of para-hydroxylation sites is 1. The van der Waals surface area contributed by atoms with E-state index in [9.17, 15) is 9.59 Å². The van der Waals surface area contributed by atoms with Gasteiger partial charge in [-0.3, -0.25) is 14.5 Å². The highest BCUT2D eigenvalue weighted by molar-refractivity contribution is 5.98. The first-order chi connectivity index (χ1) is 10.1. The van der Waals surface area contributed by atoms with Crippen molar-refractivity contribution in [3.8, 4) is 6.07 Å². The minimum Gasteiger partial charge on any atom is -0.465 e. The summed E-state index contributed by atoms with van der Waals surface area (Å²) in [6.07, 6.45) is 0. The van der Waals surface area contributed by atoms with E-state index in [-0.39, 0.29) is 32.1 Å². The van der Waals surface area contributed by atoms with Crippen LogP contribution in [0.2, 0.25) is 0 Å². The van der Waals surface area contributed by atoms with Gasteiger partial charge >= 0.3 is 5.97 Å². The summed E-state index contributed by atoms with van der Waals surface area (Å²) in [5.74, 6) is -0.718. The number of esters is 1. The van der Waals surface area contributed by atoms with Gasteiger partial charge in [0.2, 0.25) is 5.91 Å². The van der Waals surface area contributed by atoms with Crippen molar-refractivity contribution in [2.75, 3.05) is 38.2 Å². The van der Waals surface area contributed by atoms with Gasteiger partial charge in [0.1, 0.15) is 6.54 Å². The standard InChI is InChI=1S/C15H19N3O3/c1-3-21-15(20)12-18(13-7-5-4-6-8-13)14(19)11-17(2)10-9-16/h4-8H,3,10-12H2,1-2H3. The highest BCUT2D eigenvalue weighted by Gasteiger charge is 2.20. The Labute approximate surface area is 124 Å². The van der Waals surface area contributed by atoms with Crippen molar-refractivity contribution >= 4 is 17.6 Å². The summed E-state index contributed by atoms with van der Waals surface area (Å²) in [6.45, 7) is 2.05. The number of carbonyl (C=O) groups excluding carboxylic acids is 2. The van der Waals surface area contributed by atoms with Gasteiger partial charge in [0.15, 0.2) is 0 Å². The van der Waals surface area contributed by atoms with E-state index in [1.54, 1.807) is 43.1 Å². The van der Waals surface area contributed by atoms with Gasteiger partial charge in [0, 0.05) is 5.69 Å². The molecule has 0 aliphatic heterocycles. The summed E-state index contributed by atoms with van der Waals surface area (Å²) in [4.78, 5) is 27.0. The van der Waals surface area contributed by atoms with Crippen LogP contribution in [0.1, 0.15) is 6.92 Å². The molecule has 1 aromatic carbocycles. The van der Waals surface area contributed by atoms with Gasteiger partial charge < -0.3 is 9.64 Å². The molecule has 1 aromatic rings. The van der Waals surface area contributed by atoms with Gasteiger partial charge in [0.05, 0.1) is 25.8 Å². The zero-order valence-electron chi connectivity index (χ0n) is 12.3. The Bertz CT molecular complexity index is 511. The predicted molar refractivity (Wildman–Crippen MR) is 78.5 cm³/mol. The van der Waals surface area contributed by atoms with Gasteiger partial charge in [-0.15, -0.1) is 0 Å². The molecule has 0 heterocycles. The topological polar surface area (TPSA) is 73.6 Å². The first-order valence-corrected chi connectivity index (χ1v) is 6.65. The van der Waals surface area contributed by atoms with E-state index in [4.69, 9.17) is 10.00 Å². The number of carbonyl (C=O) groups is 2. The highest BCUT2D eigenvalue weighted by atomic mass is 16.5. The molecule has 0 radical (unpaired) electrons. The van der Waals surface area contributed by atoms with Crippen LogP contribution in [-0.2, 0) is 14.3 Å². The molecule has 0 bridgehead atoms. The summed E-state index contributed by atoms with van der Waals surface area (Å²) in [6, 6.07) is 10.9. The molecule has 1 amide bonds. The lowest BCUT2D eigenvalue weighted by Gasteiger charge is -2.24. The number of hydrogen-bond donors (Lipinski definition) is 0. The second kappa shape index (κ2) is 8.72. The van der Waals surface area contributed by atoms with Crippen molar-refractivity contribution in [1.82, 2.24) is 4.90 Å². The molecule has 6 nitrogen and oxygen atoms in total. The SMILES string of the molecule is CCOC(=O)CN(C(=O)CN(C)CC#N)c1ccccc1. The second-order valence-electron chi connectivity index (χ2n) is 4.45. The third-order valence-electron chi connectivity index (χ3n) is 2.71. The molecule has 0 saturated heterocycles. The lowest BCUT2D eigenvalue weighted by molar-refractivity contribution is -0.142. The van der Waals surface area contributed by atoms with Crippen LogP contribution >= 0.6 is 0 Å². The Hall–Kier alpha value is -2.39. The summed E-state index contributed by atoms with van der Waals surface area (Å²) in [5, 5.41) is 8.63. The molecular weight excluding hydrogens is 270 g/mol. The van der Waals surface area contributed by atoms with E-state index in [0.29, 0.717) is 5.69 Å². The molecule has 0 atom stereocenters. The molecule has 0 spiro atoms. The number of nitrogens with zero attached hydrogens (tertiary/aromatic N) is 3. The Kier molecular flexibility index (Phi) is 6.92. The predicted octanol–water partition coefficient (Wildman–Crippen LogP) is 1.04. The van der Waals surface area contributed by atoms with Gasteiger partial charge in [-0.2, -0.15) is 5.26 Å². The molecule has 0 unspecified atom stereocenters. The van der Waals surface area contributed by atoms with Crippen molar-refractivity contribution < 1.29 is 14.3 Å². The fourth-order valence-corrected chi connectivity index (χ4v) is 1.76. The molecule has 0 fully saturated rings. The minimum atomic E-state index is -0.461. The van der Waals surface area contributed by atoms with Crippen LogP contribution in [0.15, 0.2) is 30.3 Å². The molecule has 0 N–H and O–H groups in total. The molecule has 21 heavy (non-hydrogen) atoms. The van der Waals surface area contributed by atoms with Crippen LogP contribution in [0.5, 0.6) is 0 Å². The molecule has 0 aromatic heterocycles. The molecule has 0 aliphatic carbocycles. The van der Waals surface area contributed by atoms with Crippen molar-refractivity contribution in [1.29, 1.82) is 5.26 Å². The quantitative estimate of drug-likeness (QED) is 0.554. The van der Waals surface area contributed by atoms with E-state index >= 15 is 0 Å². The van der Waals surface area contributed by atoms with Crippen LogP contribution in [0.4, 0.5) is 5.69 Å². The van der Waals surface area contributed by atoms with Gasteiger partial charge in [-0.1, -0.05) is 18.2 Å². The fourth-order valence-electron chi connectivity index (χ4n) is 1.76. The van der Waals surface area contributed by atoms with Crippen molar-refractivity contribution in [3.63, 3.8) is 0 Å². The zero-order chi connectivity index (χ0) is 15.7. The molecular formula is C15H19N3O3. The molecule has 1 rings (SSSR count). The maximum atomic E-state index is 12.3. The van der Waals surface area contributed by atoms with Crippen molar-refractivity contribution in [2.24, 2.45) is 0 Å². The van der Waals surface area contributed by atoms with Crippen molar-refractivity contribution in [2.45, 2.75) is 6.92 Å². The Morgan fingerprint density at radius 2 is 1.90 bits per heavy atom. The number of anilines is 1. The normalized spacial score (nSPS) is 10.0. The number of ether oxygens (including phenoxy) is 1. The number of amides is 1. The maximum absolute atomic E-state index is 12.3. The highest BCUT2D eigenvalue weighted by Crippen LogP contribution is 2.13. The summed E-state index contributed by atoms with van der Waals surface area (Å²) in [7, 11) is 1.68. The number of nitriles is 1. The number of hydrogen-bond acceptors (Lipinski definition) is 5. The first kappa shape index (κ1) is 16.7. The summed E-state index contributed by atoms with van der Waals surface area (Å²) >= 11 is 0. The van der Waals surface area contributed by atoms with Crippen LogP contribution in [0.25, 0.3) is 0 Å². The largest absolute Gasteiger partial charge is 0.465 e. The number of rotatable bonds is 7. The summed E-state index contributed by atoms with van der Waals surface area (Å²) in [5.41, 5.74) is 0.626. The van der Waals surface area contributed by atoms with E-state index < -0.39 is 5.97 Å². The Morgan fingerprint density at radius 1 is 1.24 bits per heavy atom. The van der Waals surface area contributed by atoms with Crippen LogP contribution < -0.4 is 4.90 Å². The monoisotopic (exact) mass is 289 g/mol. The number of likely N-dealkylation sites (N-methyl/N-ethyl adjacent to an activating group) is 1. The van der Waals surface area contributed by atoms with Crippen molar-refractivity contribution in [3.05, 3.63) is 30.3 Å². The fraction of sp³-hybridized carbons (Fsp3) is 0.400. The number of benzene rings is 1. The maximum Gasteiger partial charge on any atom is 0.326 e. The lowest BCUT2D eigenvalue weighted by atomic mass is 10.2. The Morgan fingerprint density at radius 3 is 2.48 bits per heavy atom. The third-order valence-corrected chi connectivity index (χ3v) is 2.71. The second-order valence-corrected chi connectivity index (χ2v) is 4.45. The van der Waals surface area contributed by atoms with Crippen LogP contribution in [0.3, 0.4) is 0 Å². The smallest absolute Gasteiger partial charge is 0.326 e. The average molecular weight is 289 g/mol. The third kappa shape index (κ3) is 5.63. The van der Waals surface area contributed by atoms with Gasteiger partial charge in [-0.05, 0) is 26.1 Å². The molecule has 112 valence electrons. The van der Waals surface area contributed by atoms with Gasteiger partial charge in [0.25, 0.3) is 0 Å². The minimum absolute atomic E-state index is 0.0574. The zero-order valence-corrected chi connectivity index (χ0v) is 12.3. The lowest BCUT2D eigenvalue weighted by Crippen LogP contribution is -2.42. The Balaban J connectivity index is 2.84. The molecule has 0 saturated carbocycles. The van der Waals surface area contributed by atoms with Gasteiger partial charge in [-0.25, -0.2) is 0 Å². The van der Waals surface area contributed by atoms with E-state index in [1.807, 2.05) is 12.1 Å².